The number of H-pyrrole nitrogens is 1. The number of carbonyl (C=O) groups excluding carboxylic acids is 2. The van der Waals surface area contributed by atoms with Crippen LogP contribution in [-0.2, 0) is 0 Å². The second-order valence-electron chi connectivity index (χ2n) is 5.92. The number of nitrogens with zero attached hydrogens (tertiary/aromatic N) is 1. The van der Waals surface area contributed by atoms with Crippen molar-refractivity contribution in [2.45, 2.75) is 0 Å². The van der Waals surface area contributed by atoms with E-state index in [4.69, 9.17) is 21.7 Å². The van der Waals surface area contributed by atoms with Crippen molar-refractivity contribution in [3.05, 3.63) is 70.8 Å². The number of para-hydroxylation sites is 1. The van der Waals surface area contributed by atoms with Crippen molar-refractivity contribution < 1.29 is 19.1 Å². The fourth-order valence-corrected chi connectivity index (χ4v) is 3.07. The molecule has 28 heavy (non-hydrogen) atoms. The maximum atomic E-state index is 12.6. The summed E-state index contributed by atoms with van der Waals surface area (Å²) in [5, 5.41) is 0. The number of hydrogen-bond acceptors (Lipinski definition) is 5. The van der Waals surface area contributed by atoms with Crippen LogP contribution in [0.4, 0.5) is 0 Å². The largest absolute Gasteiger partial charge is 0.486 e. The highest BCUT2D eigenvalue weighted by atomic mass is 32.1. The average molecular weight is 396 g/mol. The first-order valence-electron chi connectivity index (χ1n) is 8.49. The second kappa shape index (κ2) is 7.57. The van der Waals surface area contributed by atoms with Gasteiger partial charge in [0.1, 0.15) is 18.9 Å². The molecule has 8 nitrogen and oxygen atoms in total. The van der Waals surface area contributed by atoms with Gasteiger partial charge < -0.3 is 14.5 Å². The van der Waals surface area contributed by atoms with Crippen LogP contribution in [0.5, 0.6) is 11.5 Å². The molecule has 0 saturated heterocycles. The predicted octanol–water partition coefficient (Wildman–Crippen LogP) is 2.38. The van der Waals surface area contributed by atoms with E-state index >= 15 is 0 Å². The van der Waals surface area contributed by atoms with E-state index in [2.05, 4.69) is 15.8 Å². The molecular formula is C19H16N4O4S. The van der Waals surface area contributed by atoms with Crippen LogP contribution < -0.4 is 20.3 Å². The Labute approximate surface area is 165 Å². The number of rotatable bonds is 3. The number of fused-ring (bicyclic) bond motifs is 1. The minimum atomic E-state index is -0.512. The van der Waals surface area contributed by atoms with Crippen molar-refractivity contribution >= 4 is 24.0 Å². The van der Waals surface area contributed by atoms with E-state index in [1.807, 2.05) is 30.3 Å². The summed E-state index contributed by atoms with van der Waals surface area (Å²) in [5.41, 5.74) is 6.13. The van der Waals surface area contributed by atoms with Crippen LogP contribution in [0.15, 0.2) is 54.7 Å². The van der Waals surface area contributed by atoms with Gasteiger partial charge in [-0.2, -0.15) is 0 Å². The molecule has 142 valence electrons. The SMILES string of the molecule is O=C(NNC(=O)c1c[nH]c(=S)n1-c1ccccc1)c1ccc2c(c1)OCCO2. The van der Waals surface area contributed by atoms with Gasteiger partial charge in [0.05, 0.1) is 0 Å². The van der Waals surface area contributed by atoms with E-state index in [1.165, 1.54) is 6.20 Å². The molecule has 0 fully saturated rings. The molecule has 1 aromatic heterocycles. The number of benzene rings is 2. The number of hydrogen-bond donors (Lipinski definition) is 3. The number of imidazole rings is 1. The van der Waals surface area contributed by atoms with Gasteiger partial charge in [0, 0.05) is 17.4 Å². The first-order valence-corrected chi connectivity index (χ1v) is 8.90. The van der Waals surface area contributed by atoms with Gasteiger partial charge in [0.2, 0.25) is 0 Å². The highest BCUT2D eigenvalue weighted by molar-refractivity contribution is 7.71. The molecule has 0 aliphatic carbocycles. The molecule has 4 rings (SSSR count). The van der Waals surface area contributed by atoms with E-state index in [-0.39, 0.29) is 5.69 Å². The summed E-state index contributed by atoms with van der Waals surface area (Å²) in [7, 11) is 0. The third-order valence-corrected chi connectivity index (χ3v) is 4.42. The smallest absolute Gasteiger partial charge is 0.288 e. The minimum Gasteiger partial charge on any atom is -0.486 e. The molecule has 9 heteroatoms. The van der Waals surface area contributed by atoms with Crippen LogP contribution in [-0.4, -0.2) is 34.6 Å². The summed E-state index contributed by atoms with van der Waals surface area (Å²) in [6, 6.07) is 14.0. The van der Waals surface area contributed by atoms with E-state index in [9.17, 15) is 9.59 Å². The summed E-state index contributed by atoms with van der Waals surface area (Å²) in [4.78, 5) is 27.8. The Morgan fingerprint density at radius 3 is 2.46 bits per heavy atom. The van der Waals surface area contributed by atoms with E-state index in [0.717, 1.165) is 5.69 Å². The van der Waals surface area contributed by atoms with E-state index in [1.54, 1.807) is 22.8 Å². The molecule has 3 aromatic rings. The fourth-order valence-electron chi connectivity index (χ4n) is 2.80. The normalized spacial score (nSPS) is 12.3. The maximum Gasteiger partial charge on any atom is 0.288 e. The zero-order chi connectivity index (χ0) is 19.5. The Hall–Kier alpha value is -3.59. The summed E-state index contributed by atoms with van der Waals surface area (Å²) >= 11 is 5.26. The molecule has 2 aromatic carbocycles. The predicted molar refractivity (Wildman–Crippen MR) is 103 cm³/mol. The van der Waals surface area contributed by atoms with E-state index in [0.29, 0.717) is 35.0 Å². The lowest BCUT2D eigenvalue weighted by atomic mass is 10.2. The second-order valence-corrected chi connectivity index (χ2v) is 6.30. The number of nitrogens with one attached hydrogen (secondary N) is 3. The minimum absolute atomic E-state index is 0.263. The summed E-state index contributed by atoms with van der Waals surface area (Å²) in [6.45, 7) is 0.892. The monoisotopic (exact) mass is 396 g/mol. The first kappa shape index (κ1) is 17.8. The quantitative estimate of drug-likeness (QED) is 0.467. The van der Waals surface area contributed by atoms with Gasteiger partial charge in [-0.05, 0) is 42.5 Å². The topological polar surface area (TPSA) is 97.4 Å². The van der Waals surface area contributed by atoms with E-state index < -0.39 is 11.8 Å². The van der Waals surface area contributed by atoms with Crippen molar-refractivity contribution in [1.29, 1.82) is 0 Å². The van der Waals surface area contributed by atoms with Gasteiger partial charge in [-0.3, -0.25) is 25.0 Å². The van der Waals surface area contributed by atoms with Gasteiger partial charge in [0.25, 0.3) is 11.8 Å². The molecule has 1 aliphatic rings. The van der Waals surface area contributed by atoms with Crippen LogP contribution in [0.3, 0.4) is 0 Å². The van der Waals surface area contributed by atoms with Crippen LogP contribution in [0.2, 0.25) is 0 Å². The Kier molecular flexibility index (Phi) is 4.81. The molecular weight excluding hydrogens is 380 g/mol. The van der Waals surface area contributed by atoms with Gasteiger partial charge >= 0.3 is 0 Å². The first-order chi connectivity index (χ1) is 13.6. The molecule has 0 spiro atoms. The van der Waals surface area contributed by atoms with Crippen molar-refractivity contribution in [2.75, 3.05) is 13.2 Å². The number of amides is 2. The number of hydrazine groups is 1. The van der Waals surface area contributed by atoms with Crippen molar-refractivity contribution in [3.8, 4) is 17.2 Å². The number of carbonyl (C=O) groups is 2. The molecule has 0 bridgehead atoms. The third kappa shape index (κ3) is 3.47. The Morgan fingerprint density at radius 2 is 1.68 bits per heavy atom. The Balaban J connectivity index is 1.48. The molecule has 0 atom stereocenters. The molecule has 0 unspecified atom stereocenters. The number of aromatic nitrogens is 2. The van der Waals surface area contributed by atoms with Gasteiger partial charge in [-0.15, -0.1) is 0 Å². The number of ether oxygens (including phenoxy) is 2. The Morgan fingerprint density at radius 1 is 0.964 bits per heavy atom. The van der Waals surface area contributed by atoms with Crippen LogP contribution in [0, 0.1) is 4.77 Å². The fraction of sp³-hybridized carbons (Fsp3) is 0.105. The zero-order valence-electron chi connectivity index (χ0n) is 14.6. The molecule has 2 heterocycles. The third-order valence-electron chi connectivity index (χ3n) is 4.12. The number of aromatic amines is 1. The van der Waals surface area contributed by atoms with Crippen LogP contribution in [0.1, 0.15) is 20.8 Å². The maximum absolute atomic E-state index is 12.6. The molecule has 2 amide bonds. The van der Waals surface area contributed by atoms with Crippen molar-refractivity contribution in [2.24, 2.45) is 0 Å². The lowest BCUT2D eigenvalue weighted by Crippen LogP contribution is -2.42. The standard InChI is InChI=1S/C19H16N4O4S/c24-17(12-6-7-15-16(10-12)27-9-8-26-15)21-22-18(25)14-11-20-19(28)23(14)13-4-2-1-3-5-13/h1-7,10-11H,8-9H2,(H,20,28)(H,21,24)(H,22,25). The summed E-state index contributed by atoms with van der Waals surface area (Å²) in [5.74, 6) is 0.0855. The lowest BCUT2D eigenvalue weighted by molar-refractivity contribution is 0.0842. The molecule has 0 radical (unpaired) electrons. The van der Waals surface area contributed by atoms with Gasteiger partial charge in [-0.1, -0.05) is 18.2 Å². The summed E-state index contributed by atoms with van der Waals surface area (Å²) < 4.78 is 12.8. The van der Waals surface area contributed by atoms with Crippen molar-refractivity contribution in [3.63, 3.8) is 0 Å². The Bertz CT molecular complexity index is 1090. The van der Waals surface area contributed by atoms with Gasteiger partial charge in [-0.25, -0.2) is 0 Å². The lowest BCUT2D eigenvalue weighted by Gasteiger charge is -2.18. The zero-order valence-corrected chi connectivity index (χ0v) is 15.4. The highest BCUT2D eigenvalue weighted by Gasteiger charge is 2.17. The van der Waals surface area contributed by atoms with Gasteiger partial charge in [0.15, 0.2) is 16.3 Å². The van der Waals surface area contributed by atoms with Crippen LogP contribution in [0.25, 0.3) is 5.69 Å². The average Bonchev–Trinajstić information content (AvgIpc) is 3.13. The molecule has 1 aliphatic heterocycles. The summed E-state index contributed by atoms with van der Waals surface area (Å²) in [6.07, 6.45) is 1.49. The van der Waals surface area contributed by atoms with Crippen LogP contribution >= 0.6 is 12.2 Å². The van der Waals surface area contributed by atoms with Crippen molar-refractivity contribution in [1.82, 2.24) is 20.4 Å². The molecule has 3 N–H and O–H groups in total. The molecule has 0 saturated carbocycles. The highest BCUT2D eigenvalue weighted by Crippen LogP contribution is 2.30.